The number of benzene rings is 2. The van der Waals surface area contributed by atoms with Crippen LogP contribution in [0.15, 0.2) is 47.5 Å². The second-order valence-electron chi connectivity index (χ2n) is 5.31. The van der Waals surface area contributed by atoms with Crippen LogP contribution in [-0.2, 0) is 6.54 Å². The van der Waals surface area contributed by atoms with Gasteiger partial charge in [0.2, 0.25) is 0 Å². The Morgan fingerprint density at radius 1 is 1.16 bits per heavy atom. The number of nitro benzene ring substituents is 1. The molecule has 0 fully saturated rings. The van der Waals surface area contributed by atoms with E-state index in [0.717, 1.165) is 5.56 Å². The lowest BCUT2D eigenvalue weighted by molar-refractivity contribution is -0.384. The number of fused-ring (bicyclic) bond motifs is 1. The van der Waals surface area contributed by atoms with Crippen molar-refractivity contribution in [1.82, 2.24) is 9.55 Å². The fourth-order valence-electron chi connectivity index (χ4n) is 2.56. The summed E-state index contributed by atoms with van der Waals surface area (Å²) in [6.07, 6.45) is 1.37. The Morgan fingerprint density at radius 3 is 2.64 bits per heavy atom. The van der Waals surface area contributed by atoms with Crippen LogP contribution in [0, 0.1) is 10.1 Å². The molecule has 0 atom stereocenters. The summed E-state index contributed by atoms with van der Waals surface area (Å²) >= 11 is 0. The van der Waals surface area contributed by atoms with Crippen molar-refractivity contribution in [2.75, 3.05) is 14.2 Å². The van der Waals surface area contributed by atoms with E-state index in [2.05, 4.69) is 4.98 Å². The molecule has 1 aromatic heterocycles. The number of hydrogen-bond donors (Lipinski definition) is 0. The summed E-state index contributed by atoms with van der Waals surface area (Å²) in [6.45, 7) is 0.235. The smallest absolute Gasteiger partial charge is 0.271 e. The highest BCUT2D eigenvalue weighted by atomic mass is 16.6. The molecule has 3 aromatic rings. The van der Waals surface area contributed by atoms with Crippen molar-refractivity contribution in [3.8, 4) is 11.5 Å². The molecule has 0 aliphatic rings. The first-order valence-corrected chi connectivity index (χ1v) is 7.38. The van der Waals surface area contributed by atoms with Crippen LogP contribution in [-0.4, -0.2) is 28.7 Å². The maximum absolute atomic E-state index is 12.6. The lowest BCUT2D eigenvalue weighted by atomic mass is 10.1. The molecule has 0 N–H and O–H groups in total. The number of rotatable bonds is 5. The highest BCUT2D eigenvalue weighted by Crippen LogP contribution is 2.24. The molecule has 25 heavy (non-hydrogen) atoms. The fraction of sp³-hybridized carbons (Fsp3) is 0.176. The number of aromatic nitrogens is 2. The summed E-state index contributed by atoms with van der Waals surface area (Å²) in [7, 11) is 3.11. The predicted molar refractivity (Wildman–Crippen MR) is 91.3 cm³/mol. The Kier molecular flexibility index (Phi) is 4.34. The molecule has 8 nitrogen and oxygen atoms in total. The normalized spacial score (nSPS) is 10.6. The van der Waals surface area contributed by atoms with E-state index in [-0.39, 0.29) is 23.3 Å². The van der Waals surface area contributed by atoms with Crippen molar-refractivity contribution in [3.05, 3.63) is 68.8 Å². The number of non-ortho nitro benzene ring substituents is 1. The van der Waals surface area contributed by atoms with Crippen molar-refractivity contribution < 1.29 is 14.4 Å². The molecule has 0 saturated heterocycles. The number of methoxy groups -OCH3 is 2. The minimum absolute atomic E-state index is 0.105. The molecule has 0 unspecified atom stereocenters. The average molecular weight is 341 g/mol. The van der Waals surface area contributed by atoms with Crippen LogP contribution in [0.2, 0.25) is 0 Å². The minimum Gasteiger partial charge on any atom is -0.497 e. The molecule has 2 aromatic carbocycles. The van der Waals surface area contributed by atoms with E-state index in [9.17, 15) is 14.9 Å². The van der Waals surface area contributed by atoms with Crippen molar-refractivity contribution in [2.24, 2.45) is 0 Å². The van der Waals surface area contributed by atoms with Crippen molar-refractivity contribution in [3.63, 3.8) is 0 Å². The topological polar surface area (TPSA) is 96.5 Å². The van der Waals surface area contributed by atoms with Crippen LogP contribution in [0.25, 0.3) is 10.9 Å². The molecule has 0 radical (unpaired) electrons. The highest BCUT2D eigenvalue weighted by molar-refractivity contribution is 5.79. The monoisotopic (exact) mass is 341 g/mol. The Bertz CT molecular complexity index is 1010. The Hall–Kier alpha value is -3.42. The number of hydrogen-bond acceptors (Lipinski definition) is 6. The van der Waals surface area contributed by atoms with E-state index in [1.54, 1.807) is 32.4 Å². The fourth-order valence-corrected chi connectivity index (χ4v) is 2.56. The van der Waals surface area contributed by atoms with Gasteiger partial charge < -0.3 is 9.47 Å². The second kappa shape index (κ2) is 6.60. The van der Waals surface area contributed by atoms with Gasteiger partial charge in [0.05, 0.1) is 42.9 Å². The lowest BCUT2D eigenvalue weighted by Gasteiger charge is -2.12. The van der Waals surface area contributed by atoms with Gasteiger partial charge in [-0.05, 0) is 24.3 Å². The van der Waals surface area contributed by atoms with Gasteiger partial charge in [-0.25, -0.2) is 4.98 Å². The van der Waals surface area contributed by atoms with Gasteiger partial charge in [-0.3, -0.25) is 19.5 Å². The molecule has 1 heterocycles. The van der Waals surface area contributed by atoms with Crippen LogP contribution in [0.1, 0.15) is 5.56 Å². The van der Waals surface area contributed by atoms with Gasteiger partial charge >= 0.3 is 0 Å². The molecule has 8 heteroatoms. The number of nitrogens with zero attached hydrogens (tertiary/aromatic N) is 3. The first kappa shape index (κ1) is 16.4. The third-order valence-electron chi connectivity index (χ3n) is 3.85. The molecule has 0 aliphatic carbocycles. The molecule has 0 amide bonds. The van der Waals surface area contributed by atoms with E-state index in [4.69, 9.17) is 9.47 Å². The summed E-state index contributed by atoms with van der Waals surface area (Å²) in [4.78, 5) is 27.1. The molecular formula is C17H15N3O5. The highest BCUT2D eigenvalue weighted by Gasteiger charge is 2.12. The second-order valence-corrected chi connectivity index (χ2v) is 5.31. The van der Waals surface area contributed by atoms with Crippen molar-refractivity contribution in [1.29, 1.82) is 0 Å². The first-order chi connectivity index (χ1) is 12.0. The molecule has 0 saturated carbocycles. The lowest BCUT2D eigenvalue weighted by Crippen LogP contribution is -2.21. The predicted octanol–water partition coefficient (Wildman–Crippen LogP) is 2.37. The molecule has 3 rings (SSSR count). The Labute approximate surface area is 142 Å². The van der Waals surface area contributed by atoms with Crippen molar-refractivity contribution >= 4 is 16.6 Å². The molecular weight excluding hydrogens is 326 g/mol. The Morgan fingerprint density at radius 2 is 1.96 bits per heavy atom. The van der Waals surface area contributed by atoms with E-state index in [1.807, 2.05) is 0 Å². The van der Waals surface area contributed by atoms with Crippen LogP contribution in [0.5, 0.6) is 11.5 Å². The van der Waals surface area contributed by atoms with Crippen LogP contribution in [0.3, 0.4) is 0 Å². The summed E-state index contributed by atoms with van der Waals surface area (Å²) in [5.41, 5.74) is 0.649. The zero-order valence-corrected chi connectivity index (χ0v) is 13.6. The van der Waals surface area contributed by atoms with E-state index in [1.165, 1.54) is 29.1 Å². The van der Waals surface area contributed by atoms with E-state index in [0.29, 0.717) is 16.9 Å². The van der Waals surface area contributed by atoms with E-state index < -0.39 is 4.92 Å². The molecule has 128 valence electrons. The van der Waals surface area contributed by atoms with Gasteiger partial charge in [-0.2, -0.15) is 0 Å². The van der Waals surface area contributed by atoms with Gasteiger partial charge in [-0.1, -0.05) is 0 Å². The van der Waals surface area contributed by atoms with Gasteiger partial charge in [0, 0.05) is 17.7 Å². The SMILES string of the molecule is COc1ccc(OC)c(Cn2cnc3cc([N+](=O)[O-])ccc3c2=O)c1. The largest absolute Gasteiger partial charge is 0.497 e. The standard InChI is InChI=1S/C17H15N3O5/c1-24-13-4-6-16(25-2)11(7-13)9-19-10-18-15-8-12(20(22)23)3-5-14(15)17(19)21/h3-8,10H,9H2,1-2H3. The molecule has 0 spiro atoms. The van der Waals surface area contributed by atoms with Gasteiger partial charge in [0.1, 0.15) is 11.5 Å². The maximum Gasteiger partial charge on any atom is 0.271 e. The summed E-state index contributed by atoms with van der Waals surface area (Å²) in [5.74, 6) is 1.27. The van der Waals surface area contributed by atoms with E-state index >= 15 is 0 Å². The van der Waals surface area contributed by atoms with Gasteiger partial charge in [0.15, 0.2) is 0 Å². The summed E-state index contributed by atoms with van der Waals surface area (Å²) in [6, 6.07) is 9.31. The molecule has 0 bridgehead atoms. The van der Waals surface area contributed by atoms with Crippen LogP contribution < -0.4 is 15.0 Å². The quantitative estimate of drug-likeness (QED) is 0.522. The van der Waals surface area contributed by atoms with Crippen molar-refractivity contribution in [2.45, 2.75) is 6.54 Å². The van der Waals surface area contributed by atoms with Gasteiger partial charge in [-0.15, -0.1) is 0 Å². The average Bonchev–Trinajstić information content (AvgIpc) is 2.63. The van der Waals surface area contributed by atoms with Gasteiger partial charge in [0.25, 0.3) is 11.2 Å². The first-order valence-electron chi connectivity index (χ1n) is 7.38. The third-order valence-corrected chi connectivity index (χ3v) is 3.85. The molecule has 0 aliphatic heterocycles. The zero-order valence-electron chi connectivity index (χ0n) is 13.6. The summed E-state index contributed by atoms with van der Waals surface area (Å²) < 4.78 is 11.9. The number of nitro groups is 1. The van der Waals surface area contributed by atoms with Crippen LogP contribution in [0.4, 0.5) is 5.69 Å². The van der Waals surface area contributed by atoms with Crippen LogP contribution >= 0.6 is 0 Å². The summed E-state index contributed by atoms with van der Waals surface area (Å²) in [5, 5.41) is 11.2. The maximum atomic E-state index is 12.6. The number of ether oxygens (including phenoxy) is 2. The zero-order chi connectivity index (χ0) is 18.0. The minimum atomic E-state index is -0.520. The Balaban J connectivity index is 2.05. The third kappa shape index (κ3) is 3.14.